The van der Waals surface area contributed by atoms with Gasteiger partial charge in [-0.2, -0.15) is 0 Å². The molecular formula is C32H22N6. The Hall–Kier alpha value is -5.36. The maximum absolute atomic E-state index is 4.63. The van der Waals surface area contributed by atoms with Crippen molar-refractivity contribution in [3.63, 3.8) is 0 Å². The molecule has 1 aromatic carbocycles. The third kappa shape index (κ3) is 4.47. The second-order valence-corrected chi connectivity index (χ2v) is 9.12. The summed E-state index contributed by atoms with van der Waals surface area (Å²) < 4.78 is 0. The molecule has 7 heterocycles. The Morgan fingerprint density at radius 2 is 0.974 bits per heavy atom. The van der Waals surface area contributed by atoms with Crippen molar-refractivity contribution in [1.29, 1.82) is 0 Å². The van der Waals surface area contributed by atoms with E-state index in [0.29, 0.717) is 0 Å². The fraction of sp³-hybridized carbons (Fsp3) is 0. The highest BCUT2D eigenvalue weighted by atomic mass is 14.8. The molecule has 0 aliphatic carbocycles. The number of aromatic nitrogens is 6. The molecule has 0 unspecified atom stereocenters. The van der Waals surface area contributed by atoms with Crippen LogP contribution in [0, 0.1) is 0 Å². The van der Waals surface area contributed by atoms with E-state index in [1.54, 1.807) is 6.20 Å². The summed E-state index contributed by atoms with van der Waals surface area (Å²) in [6, 6.07) is 28.4. The topological polar surface area (TPSA) is 83.1 Å². The summed E-state index contributed by atoms with van der Waals surface area (Å²) in [5, 5.41) is 2.28. The molecule has 0 saturated heterocycles. The molecule has 0 radical (unpaired) electrons. The third-order valence-electron chi connectivity index (χ3n) is 6.40. The quantitative estimate of drug-likeness (QED) is 0.216. The minimum atomic E-state index is 0.939. The Morgan fingerprint density at radius 1 is 0.474 bits per heavy atom. The van der Waals surface area contributed by atoms with Gasteiger partial charge < -0.3 is 9.97 Å². The summed E-state index contributed by atoms with van der Waals surface area (Å²) in [5.41, 5.74) is 9.89. The molecule has 0 spiro atoms. The van der Waals surface area contributed by atoms with Gasteiger partial charge in [0.2, 0.25) is 0 Å². The monoisotopic (exact) mass is 490 g/mol. The second-order valence-electron chi connectivity index (χ2n) is 9.12. The SMILES string of the molecule is C1=Cc2cc3ccc(cc4nc(cc5ccc(cc1n2)[nH]5)C=C4)[nH]3.c1cnc2c(c1)ccc1ncccc12. The molecule has 0 amide bonds. The number of nitrogens with one attached hydrogen (secondary N) is 2. The lowest BCUT2D eigenvalue weighted by atomic mass is 10.1. The molecular weight excluding hydrogens is 468 g/mol. The number of nitrogens with zero attached hydrogens (tertiary/aromatic N) is 4. The number of benzene rings is 1. The fourth-order valence-corrected chi connectivity index (χ4v) is 4.64. The normalized spacial score (nSPS) is 12.0. The second kappa shape index (κ2) is 9.26. The van der Waals surface area contributed by atoms with Crippen LogP contribution in [0.3, 0.4) is 0 Å². The molecule has 0 fully saturated rings. The van der Waals surface area contributed by atoms with Gasteiger partial charge in [-0.05, 0) is 97.1 Å². The van der Waals surface area contributed by atoms with Crippen LogP contribution in [0.4, 0.5) is 0 Å². The number of pyridine rings is 2. The Bertz CT molecular complexity index is 1810. The summed E-state index contributed by atoms with van der Waals surface area (Å²) in [6.45, 7) is 0. The van der Waals surface area contributed by atoms with Gasteiger partial charge in [0.1, 0.15) is 0 Å². The third-order valence-corrected chi connectivity index (χ3v) is 6.40. The van der Waals surface area contributed by atoms with E-state index in [9.17, 15) is 0 Å². The van der Waals surface area contributed by atoms with E-state index in [-0.39, 0.29) is 0 Å². The van der Waals surface area contributed by atoms with Crippen molar-refractivity contribution in [1.82, 2.24) is 29.9 Å². The smallest absolute Gasteiger partial charge is 0.0795 e. The number of aromatic amines is 2. The van der Waals surface area contributed by atoms with E-state index in [1.807, 2.05) is 73.0 Å². The summed E-state index contributed by atoms with van der Waals surface area (Å²) in [5.74, 6) is 0. The minimum absolute atomic E-state index is 0.939. The number of hydrogen-bond donors (Lipinski definition) is 2. The van der Waals surface area contributed by atoms with Crippen LogP contribution < -0.4 is 0 Å². The standard InChI is InChI=1S/C20H14N4.C12H8N2/c1-2-14-10-16-5-6-18(23-16)12-20-8-7-19(24-20)11-17-4-3-15(22-17)9-13(1)21-14;1-3-9-5-6-11-10(4-2-7-13-11)12(9)14-8-1/h1-12,21,24H;1-8H. The number of fused-ring (bicyclic) bond motifs is 11. The average Bonchev–Trinajstić information content (AvgIpc) is 3.76. The predicted octanol–water partition coefficient (Wildman–Crippen LogP) is 7.44. The van der Waals surface area contributed by atoms with Crippen LogP contribution in [0.5, 0.6) is 0 Å². The molecule has 2 aliphatic heterocycles. The van der Waals surface area contributed by atoms with Crippen molar-refractivity contribution in [2.24, 2.45) is 0 Å². The molecule has 8 bridgehead atoms. The van der Waals surface area contributed by atoms with Crippen molar-refractivity contribution in [2.45, 2.75) is 0 Å². The molecule has 6 nitrogen and oxygen atoms in total. The van der Waals surface area contributed by atoms with Crippen LogP contribution in [0.2, 0.25) is 0 Å². The van der Waals surface area contributed by atoms with Gasteiger partial charge in [0.05, 0.1) is 33.8 Å². The van der Waals surface area contributed by atoms with Gasteiger partial charge in [0.15, 0.2) is 0 Å². The van der Waals surface area contributed by atoms with E-state index < -0.39 is 0 Å². The first-order valence-corrected chi connectivity index (χ1v) is 12.4. The summed E-state index contributed by atoms with van der Waals surface area (Å²) in [4.78, 5) is 24.7. The van der Waals surface area contributed by atoms with Crippen LogP contribution in [0.15, 0.2) is 97.3 Å². The van der Waals surface area contributed by atoms with Gasteiger partial charge in [0.25, 0.3) is 0 Å². The molecule has 2 aliphatic rings. The van der Waals surface area contributed by atoms with Gasteiger partial charge in [-0.15, -0.1) is 0 Å². The molecule has 2 N–H and O–H groups in total. The molecule has 8 rings (SSSR count). The van der Waals surface area contributed by atoms with E-state index in [1.165, 1.54) is 0 Å². The van der Waals surface area contributed by atoms with E-state index >= 15 is 0 Å². The van der Waals surface area contributed by atoms with Crippen molar-refractivity contribution in [3.8, 4) is 0 Å². The van der Waals surface area contributed by atoms with Crippen LogP contribution in [0.1, 0.15) is 22.8 Å². The maximum Gasteiger partial charge on any atom is 0.0795 e. The maximum atomic E-state index is 4.63. The highest BCUT2D eigenvalue weighted by Crippen LogP contribution is 2.21. The molecule has 6 heteroatoms. The Kier molecular flexibility index (Phi) is 5.33. The average molecular weight is 491 g/mol. The van der Waals surface area contributed by atoms with Gasteiger partial charge in [-0.3, -0.25) is 9.97 Å². The molecule has 180 valence electrons. The lowest BCUT2D eigenvalue weighted by Gasteiger charge is -2.00. The molecule has 0 saturated carbocycles. The van der Waals surface area contributed by atoms with E-state index in [0.717, 1.165) is 66.6 Å². The Morgan fingerprint density at radius 3 is 1.53 bits per heavy atom. The van der Waals surface area contributed by atoms with E-state index in [4.69, 9.17) is 0 Å². The van der Waals surface area contributed by atoms with Gasteiger partial charge in [-0.1, -0.05) is 12.1 Å². The first-order chi connectivity index (χ1) is 18.7. The molecule has 0 atom stereocenters. The highest BCUT2D eigenvalue weighted by molar-refractivity contribution is 6.03. The molecule has 6 aromatic rings. The van der Waals surface area contributed by atoms with E-state index in [2.05, 4.69) is 72.4 Å². The zero-order valence-electron chi connectivity index (χ0n) is 20.3. The van der Waals surface area contributed by atoms with Crippen LogP contribution in [-0.2, 0) is 0 Å². The molecule has 5 aromatic heterocycles. The lowest BCUT2D eigenvalue weighted by Crippen LogP contribution is -1.82. The number of H-pyrrole nitrogens is 2. The van der Waals surface area contributed by atoms with Crippen molar-refractivity contribution in [3.05, 3.63) is 120 Å². The largest absolute Gasteiger partial charge is 0.355 e. The summed E-state index contributed by atoms with van der Waals surface area (Å²) in [6.07, 6.45) is 11.7. The Labute approximate surface area is 218 Å². The van der Waals surface area contributed by atoms with Crippen molar-refractivity contribution in [2.75, 3.05) is 0 Å². The summed E-state index contributed by atoms with van der Waals surface area (Å²) >= 11 is 0. The van der Waals surface area contributed by atoms with Gasteiger partial charge in [-0.25, -0.2) is 9.97 Å². The number of rotatable bonds is 0. The first-order valence-electron chi connectivity index (χ1n) is 12.4. The Balaban J connectivity index is 0.000000147. The fourth-order valence-electron chi connectivity index (χ4n) is 4.64. The highest BCUT2D eigenvalue weighted by Gasteiger charge is 2.02. The van der Waals surface area contributed by atoms with Gasteiger partial charge >= 0.3 is 0 Å². The van der Waals surface area contributed by atoms with Crippen molar-refractivity contribution >= 4 is 68.2 Å². The first kappa shape index (κ1) is 21.9. The van der Waals surface area contributed by atoms with Crippen LogP contribution >= 0.6 is 0 Å². The van der Waals surface area contributed by atoms with Crippen LogP contribution in [0.25, 0.3) is 68.2 Å². The van der Waals surface area contributed by atoms with Gasteiger partial charge in [0, 0.05) is 45.2 Å². The molecule has 38 heavy (non-hydrogen) atoms. The minimum Gasteiger partial charge on any atom is -0.355 e. The zero-order chi connectivity index (χ0) is 25.3. The number of hydrogen-bond acceptors (Lipinski definition) is 4. The van der Waals surface area contributed by atoms with Crippen LogP contribution in [-0.4, -0.2) is 29.9 Å². The van der Waals surface area contributed by atoms with Crippen molar-refractivity contribution < 1.29 is 0 Å². The summed E-state index contributed by atoms with van der Waals surface area (Å²) in [7, 11) is 0. The lowest BCUT2D eigenvalue weighted by molar-refractivity contribution is 1.31. The predicted molar refractivity (Wildman–Crippen MR) is 156 cm³/mol. The zero-order valence-corrected chi connectivity index (χ0v) is 20.3.